The Kier molecular flexibility index (Phi) is 6.64. The second-order valence-corrected chi connectivity index (χ2v) is 9.80. The van der Waals surface area contributed by atoms with E-state index in [1.807, 2.05) is 6.07 Å². The van der Waals surface area contributed by atoms with E-state index in [-0.39, 0.29) is 28.5 Å². The van der Waals surface area contributed by atoms with Crippen LogP contribution in [0.2, 0.25) is 10.0 Å². The maximum absolute atomic E-state index is 13.8. The summed E-state index contributed by atoms with van der Waals surface area (Å²) in [5.41, 5.74) is 0.197. The number of benzene rings is 2. The molecule has 0 aliphatic carbocycles. The molecule has 9 nitrogen and oxygen atoms in total. The number of nitrogens with zero attached hydrogens (tertiary/aromatic N) is 5. The van der Waals surface area contributed by atoms with Crippen molar-refractivity contribution in [2.24, 2.45) is 0 Å². The second-order valence-electron chi connectivity index (χ2n) is 7.07. The highest BCUT2D eigenvalue weighted by Gasteiger charge is 2.36. The van der Waals surface area contributed by atoms with Gasteiger partial charge >= 0.3 is 0 Å². The number of nitrogens with one attached hydrogen (secondary N) is 1. The van der Waals surface area contributed by atoms with Gasteiger partial charge in [0.05, 0.1) is 24.2 Å². The van der Waals surface area contributed by atoms with Crippen LogP contribution in [0.25, 0.3) is 0 Å². The van der Waals surface area contributed by atoms with Crippen LogP contribution in [-0.4, -0.2) is 53.2 Å². The van der Waals surface area contributed by atoms with Crippen LogP contribution >= 0.6 is 23.2 Å². The number of piperazine rings is 1. The molecule has 2 aromatic carbocycles. The van der Waals surface area contributed by atoms with Gasteiger partial charge in [-0.2, -0.15) is 14.7 Å². The zero-order chi connectivity index (χ0) is 22.7. The monoisotopic (exact) mass is 492 g/mol. The summed E-state index contributed by atoms with van der Waals surface area (Å²) >= 11 is 12.1. The molecule has 166 valence electrons. The number of rotatable bonds is 6. The van der Waals surface area contributed by atoms with Crippen molar-refractivity contribution in [2.45, 2.75) is 17.5 Å². The molecule has 2 heterocycles. The van der Waals surface area contributed by atoms with E-state index < -0.39 is 16.1 Å². The largest absolute Gasteiger partial charge is 0.456 e. The minimum Gasteiger partial charge on any atom is -0.456 e. The van der Waals surface area contributed by atoms with Gasteiger partial charge in [-0.3, -0.25) is 4.68 Å². The van der Waals surface area contributed by atoms with Crippen LogP contribution in [0, 0.1) is 11.3 Å². The van der Waals surface area contributed by atoms with Crippen molar-refractivity contribution in [2.75, 3.05) is 19.6 Å². The van der Waals surface area contributed by atoms with Gasteiger partial charge in [0, 0.05) is 29.7 Å². The van der Waals surface area contributed by atoms with Crippen molar-refractivity contribution in [3.8, 4) is 17.6 Å². The summed E-state index contributed by atoms with van der Waals surface area (Å²) in [6.45, 7) is 1.51. The van der Waals surface area contributed by atoms with Crippen molar-refractivity contribution in [3.05, 3.63) is 64.7 Å². The molecule has 1 aliphatic heterocycles. The van der Waals surface area contributed by atoms with Gasteiger partial charge in [-0.25, -0.2) is 13.4 Å². The Labute approximate surface area is 195 Å². The van der Waals surface area contributed by atoms with Crippen molar-refractivity contribution in [1.82, 2.24) is 24.4 Å². The fourth-order valence-electron chi connectivity index (χ4n) is 3.46. The average Bonchev–Trinajstić information content (AvgIpc) is 3.26. The predicted molar refractivity (Wildman–Crippen MR) is 118 cm³/mol. The van der Waals surface area contributed by atoms with Gasteiger partial charge in [0.2, 0.25) is 10.0 Å². The summed E-state index contributed by atoms with van der Waals surface area (Å²) in [6.07, 6.45) is 2.93. The van der Waals surface area contributed by atoms with E-state index in [2.05, 4.69) is 15.4 Å². The van der Waals surface area contributed by atoms with Crippen molar-refractivity contribution >= 4 is 33.2 Å². The lowest BCUT2D eigenvalue weighted by Crippen LogP contribution is -2.55. The maximum Gasteiger partial charge on any atom is 0.247 e. The van der Waals surface area contributed by atoms with Crippen molar-refractivity contribution < 1.29 is 13.2 Å². The molecule has 1 aromatic heterocycles. The lowest BCUT2D eigenvalue weighted by molar-refractivity contribution is 0.238. The van der Waals surface area contributed by atoms with Gasteiger partial charge < -0.3 is 10.1 Å². The molecule has 1 fully saturated rings. The summed E-state index contributed by atoms with van der Waals surface area (Å²) < 4.78 is 36.3. The summed E-state index contributed by atoms with van der Waals surface area (Å²) in [5, 5.41) is 17.3. The fraction of sp³-hybridized carbons (Fsp3) is 0.250. The highest BCUT2D eigenvalue weighted by atomic mass is 35.5. The molecular weight excluding hydrogens is 475 g/mol. The minimum atomic E-state index is -4.03. The molecule has 12 heteroatoms. The van der Waals surface area contributed by atoms with Crippen LogP contribution in [0.15, 0.2) is 53.9 Å². The Morgan fingerprint density at radius 2 is 2.00 bits per heavy atom. The van der Waals surface area contributed by atoms with Crippen LogP contribution in [0.3, 0.4) is 0 Å². The van der Waals surface area contributed by atoms with E-state index in [1.54, 1.807) is 10.7 Å². The topological polar surface area (TPSA) is 113 Å². The molecule has 0 amide bonds. The Morgan fingerprint density at radius 3 is 2.69 bits per heavy atom. The first-order valence-corrected chi connectivity index (χ1v) is 11.8. The van der Waals surface area contributed by atoms with Gasteiger partial charge in [0.1, 0.15) is 29.0 Å². The Bertz CT molecular complexity index is 1240. The van der Waals surface area contributed by atoms with E-state index in [0.717, 1.165) is 0 Å². The summed E-state index contributed by atoms with van der Waals surface area (Å²) in [6, 6.07) is 10.4. The smallest absolute Gasteiger partial charge is 0.247 e. The summed E-state index contributed by atoms with van der Waals surface area (Å²) in [5.74, 6) is 0.350. The molecule has 32 heavy (non-hydrogen) atoms. The Hall–Kier alpha value is -2.68. The minimum absolute atomic E-state index is 0.0698. The summed E-state index contributed by atoms with van der Waals surface area (Å²) in [7, 11) is -4.03. The standard InChI is InChI=1S/C20H18Cl2N6O3S/c21-15-6-16(22)8-18(7-15)31-19-2-1-14(9-23)5-20(19)32(29,30)28-4-3-24-10-17(28)11-27-13-25-12-26-27/h1-2,5-8,12-13,17,24H,3-4,10-11H2. The highest BCUT2D eigenvalue weighted by molar-refractivity contribution is 7.89. The number of hydrogen-bond donors (Lipinski definition) is 1. The number of nitriles is 1. The van der Waals surface area contributed by atoms with E-state index in [4.69, 9.17) is 27.9 Å². The molecule has 4 rings (SSSR count). The molecule has 1 atom stereocenters. The first-order valence-electron chi connectivity index (χ1n) is 9.60. The van der Waals surface area contributed by atoms with Gasteiger partial charge in [-0.15, -0.1) is 0 Å². The number of aromatic nitrogens is 3. The molecule has 1 N–H and O–H groups in total. The van der Waals surface area contributed by atoms with Gasteiger partial charge in [-0.1, -0.05) is 23.2 Å². The van der Waals surface area contributed by atoms with Gasteiger partial charge in [-0.05, 0) is 36.4 Å². The third kappa shape index (κ3) is 4.87. The first kappa shape index (κ1) is 22.5. The molecular formula is C20H18Cl2N6O3S. The number of ether oxygens (including phenoxy) is 1. The molecule has 1 saturated heterocycles. The molecule has 0 spiro atoms. The van der Waals surface area contributed by atoms with Crippen LogP contribution in [-0.2, 0) is 16.6 Å². The third-order valence-corrected chi connectivity index (χ3v) is 7.29. The van der Waals surface area contributed by atoms with E-state index in [9.17, 15) is 13.7 Å². The fourth-order valence-corrected chi connectivity index (χ4v) is 5.73. The number of sulfonamides is 1. The second kappa shape index (κ2) is 9.44. The lowest BCUT2D eigenvalue weighted by Gasteiger charge is -2.35. The van der Waals surface area contributed by atoms with E-state index in [0.29, 0.717) is 29.7 Å². The normalized spacial score (nSPS) is 17.1. The Balaban J connectivity index is 1.73. The Morgan fingerprint density at radius 1 is 1.22 bits per heavy atom. The quantitative estimate of drug-likeness (QED) is 0.562. The number of hydrogen-bond acceptors (Lipinski definition) is 7. The predicted octanol–water partition coefficient (Wildman–Crippen LogP) is 2.91. The molecule has 1 aliphatic rings. The van der Waals surface area contributed by atoms with Crippen LogP contribution < -0.4 is 10.1 Å². The molecule has 1 unspecified atom stereocenters. The molecule has 0 radical (unpaired) electrons. The van der Waals surface area contributed by atoms with E-state index >= 15 is 0 Å². The van der Waals surface area contributed by atoms with Crippen LogP contribution in [0.4, 0.5) is 0 Å². The van der Waals surface area contributed by atoms with Crippen LogP contribution in [0.1, 0.15) is 5.56 Å². The molecule has 3 aromatic rings. The summed E-state index contributed by atoms with van der Waals surface area (Å²) in [4.78, 5) is 3.80. The SMILES string of the molecule is N#Cc1ccc(Oc2cc(Cl)cc(Cl)c2)c(S(=O)(=O)N2CCNCC2Cn2cncn2)c1. The van der Waals surface area contributed by atoms with E-state index in [1.165, 1.54) is 47.3 Å². The van der Waals surface area contributed by atoms with Crippen molar-refractivity contribution in [3.63, 3.8) is 0 Å². The first-order chi connectivity index (χ1) is 15.4. The zero-order valence-electron chi connectivity index (χ0n) is 16.6. The van der Waals surface area contributed by atoms with Crippen molar-refractivity contribution in [1.29, 1.82) is 5.26 Å². The molecule has 0 bridgehead atoms. The highest BCUT2D eigenvalue weighted by Crippen LogP contribution is 2.35. The zero-order valence-corrected chi connectivity index (χ0v) is 19.0. The maximum atomic E-state index is 13.8. The average molecular weight is 493 g/mol. The lowest BCUT2D eigenvalue weighted by atomic mass is 10.2. The third-order valence-electron chi connectivity index (χ3n) is 4.88. The van der Waals surface area contributed by atoms with Gasteiger partial charge in [0.25, 0.3) is 0 Å². The molecule has 0 saturated carbocycles. The number of halogens is 2. The van der Waals surface area contributed by atoms with Gasteiger partial charge in [0.15, 0.2) is 0 Å². The van der Waals surface area contributed by atoms with Crippen LogP contribution in [0.5, 0.6) is 11.5 Å².